The van der Waals surface area contributed by atoms with Crippen molar-refractivity contribution in [1.82, 2.24) is 5.32 Å². The second-order valence-electron chi connectivity index (χ2n) is 5.36. The van der Waals surface area contributed by atoms with Crippen molar-refractivity contribution < 1.29 is 9.59 Å². The summed E-state index contributed by atoms with van der Waals surface area (Å²) in [6.07, 6.45) is 0. The van der Waals surface area contributed by atoms with Gasteiger partial charge in [0.05, 0.1) is 5.92 Å². The predicted octanol–water partition coefficient (Wildman–Crippen LogP) is 1.37. The zero-order valence-corrected chi connectivity index (χ0v) is 13.4. The molecule has 2 amide bonds. The molecule has 0 fully saturated rings. The van der Waals surface area contributed by atoms with Crippen molar-refractivity contribution >= 4 is 24.2 Å². The van der Waals surface area contributed by atoms with Crippen LogP contribution in [0.5, 0.6) is 0 Å². The minimum absolute atomic E-state index is 0. The molecular formula is C15H24ClN3O2. The molecule has 3 atom stereocenters. The summed E-state index contributed by atoms with van der Waals surface area (Å²) in [6.45, 7) is 5.40. The van der Waals surface area contributed by atoms with E-state index in [4.69, 9.17) is 11.5 Å². The number of carbonyl (C=O) groups excluding carboxylic acids is 2. The van der Waals surface area contributed by atoms with Gasteiger partial charge < -0.3 is 16.8 Å². The Morgan fingerprint density at radius 3 is 2.05 bits per heavy atom. The van der Waals surface area contributed by atoms with Crippen LogP contribution >= 0.6 is 12.4 Å². The topological polar surface area (TPSA) is 98.2 Å². The fraction of sp³-hybridized carbons (Fsp3) is 0.467. The van der Waals surface area contributed by atoms with Crippen LogP contribution in [0.2, 0.25) is 0 Å². The van der Waals surface area contributed by atoms with E-state index in [0.29, 0.717) is 0 Å². The van der Waals surface area contributed by atoms with Crippen LogP contribution in [0.3, 0.4) is 0 Å². The van der Waals surface area contributed by atoms with E-state index in [1.165, 1.54) is 0 Å². The second-order valence-corrected chi connectivity index (χ2v) is 5.36. The monoisotopic (exact) mass is 313 g/mol. The minimum Gasteiger partial charge on any atom is -0.368 e. The van der Waals surface area contributed by atoms with E-state index in [2.05, 4.69) is 5.32 Å². The molecule has 1 aromatic carbocycles. The van der Waals surface area contributed by atoms with Gasteiger partial charge in [-0.05, 0) is 11.5 Å². The van der Waals surface area contributed by atoms with Crippen LogP contribution in [-0.4, -0.2) is 17.9 Å². The van der Waals surface area contributed by atoms with E-state index in [-0.39, 0.29) is 24.2 Å². The molecule has 0 bridgehead atoms. The lowest BCUT2D eigenvalue weighted by Gasteiger charge is -2.24. The van der Waals surface area contributed by atoms with Crippen LogP contribution in [0.15, 0.2) is 30.3 Å². The molecule has 0 radical (unpaired) electrons. The van der Waals surface area contributed by atoms with E-state index in [9.17, 15) is 9.59 Å². The van der Waals surface area contributed by atoms with Crippen molar-refractivity contribution in [2.24, 2.45) is 23.3 Å². The Morgan fingerprint density at radius 1 is 1.10 bits per heavy atom. The molecule has 0 aromatic heterocycles. The lowest BCUT2D eigenvalue weighted by Crippen LogP contribution is -2.50. The molecule has 21 heavy (non-hydrogen) atoms. The summed E-state index contributed by atoms with van der Waals surface area (Å²) in [4.78, 5) is 23.5. The standard InChI is InChI=1S/C15H23N3O2.ClH/c1-9(2)13(14(17)19)18-15(20)10(3)12(16)11-7-5-4-6-8-11;/h4-10,12-13H,16H2,1-3H3,(H2,17,19)(H,18,20);1H. The van der Waals surface area contributed by atoms with E-state index in [0.717, 1.165) is 5.56 Å². The zero-order valence-electron chi connectivity index (χ0n) is 12.6. The highest BCUT2D eigenvalue weighted by molar-refractivity contribution is 5.88. The lowest BCUT2D eigenvalue weighted by atomic mass is 9.93. The fourth-order valence-corrected chi connectivity index (χ4v) is 1.98. The van der Waals surface area contributed by atoms with Crippen molar-refractivity contribution in [3.05, 3.63) is 35.9 Å². The summed E-state index contributed by atoms with van der Waals surface area (Å²) >= 11 is 0. The molecule has 5 nitrogen and oxygen atoms in total. The van der Waals surface area contributed by atoms with Gasteiger partial charge in [0.25, 0.3) is 0 Å². The molecule has 0 heterocycles. The van der Waals surface area contributed by atoms with Crippen LogP contribution in [0, 0.1) is 11.8 Å². The van der Waals surface area contributed by atoms with Crippen molar-refractivity contribution in [2.45, 2.75) is 32.9 Å². The molecule has 5 N–H and O–H groups in total. The van der Waals surface area contributed by atoms with Gasteiger partial charge in [0.1, 0.15) is 6.04 Å². The highest BCUT2D eigenvalue weighted by Crippen LogP contribution is 2.19. The highest BCUT2D eigenvalue weighted by atomic mass is 35.5. The molecule has 1 rings (SSSR count). The van der Waals surface area contributed by atoms with Crippen LogP contribution in [0.4, 0.5) is 0 Å². The van der Waals surface area contributed by atoms with Gasteiger partial charge in [-0.25, -0.2) is 0 Å². The van der Waals surface area contributed by atoms with Gasteiger partial charge in [-0.3, -0.25) is 9.59 Å². The summed E-state index contributed by atoms with van der Waals surface area (Å²) in [5.74, 6) is -1.30. The molecule has 0 spiro atoms. The Hall–Kier alpha value is -1.59. The summed E-state index contributed by atoms with van der Waals surface area (Å²) in [5.41, 5.74) is 12.3. The van der Waals surface area contributed by atoms with Gasteiger partial charge in [0.15, 0.2) is 0 Å². The third kappa shape index (κ3) is 5.36. The summed E-state index contributed by atoms with van der Waals surface area (Å²) in [7, 11) is 0. The van der Waals surface area contributed by atoms with Crippen LogP contribution in [0.1, 0.15) is 32.4 Å². The number of primary amides is 1. The largest absolute Gasteiger partial charge is 0.368 e. The zero-order chi connectivity index (χ0) is 15.3. The maximum atomic E-state index is 12.2. The van der Waals surface area contributed by atoms with Gasteiger partial charge in [0, 0.05) is 6.04 Å². The van der Waals surface area contributed by atoms with Gasteiger partial charge >= 0.3 is 0 Å². The Kier molecular flexibility index (Phi) is 7.99. The molecule has 1 aromatic rings. The first kappa shape index (κ1) is 19.4. The van der Waals surface area contributed by atoms with Crippen molar-refractivity contribution in [1.29, 1.82) is 0 Å². The smallest absolute Gasteiger partial charge is 0.240 e. The maximum absolute atomic E-state index is 12.2. The highest BCUT2D eigenvalue weighted by Gasteiger charge is 2.27. The average Bonchev–Trinajstić information content (AvgIpc) is 2.43. The van der Waals surface area contributed by atoms with Crippen molar-refractivity contribution in [2.75, 3.05) is 0 Å². The molecule has 3 unspecified atom stereocenters. The Balaban J connectivity index is 0.00000400. The predicted molar refractivity (Wildman–Crippen MR) is 85.7 cm³/mol. The first-order chi connectivity index (χ1) is 9.34. The second kappa shape index (κ2) is 8.64. The Morgan fingerprint density at radius 2 is 1.62 bits per heavy atom. The number of amides is 2. The molecule has 0 aliphatic carbocycles. The minimum atomic E-state index is -0.673. The fourth-order valence-electron chi connectivity index (χ4n) is 1.98. The number of hydrogen-bond acceptors (Lipinski definition) is 3. The van der Waals surface area contributed by atoms with Gasteiger partial charge in [-0.1, -0.05) is 51.1 Å². The SMILES string of the molecule is CC(C)C(NC(=O)C(C)C(N)c1ccccc1)C(N)=O.Cl. The number of nitrogens with one attached hydrogen (secondary N) is 1. The van der Waals surface area contributed by atoms with Gasteiger partial charge in [-0.2, -0.15) is 0 Å². The molecule has 0 saturated heterocycles. The van der Waals surface area contributed by atoms with E-state index in [1.807, 2.05) is 44.2 Å². The molecular weight excluding hydrogens is 290 g/mol. The maximum Gasteiger partial charge on any atom is 0.240 e. The average molecular weight is 314 g/mol. The van der Waals surface area contributed by atoms with E-state index >= 15 is 0 Å². The number of carbonyl (C=O) groups is 2. The van der Waals surface area contributed by atoms with Gasteiger partial charge in [0.2, 0.25) is 11.8 Å². The first-order valence-corrected chi connectivity index (χ1v) is 6.74. The van der Waals surface area contributed by atoms with Gasteiger partial charge in [-0.15, -0.1) is 12.4 Å². The number of benzene rings is 1. The third-order valence-corrected chi connectivity index (χ3v) is 3.41. The third-order valence-electron chi connectivity index (χ3n) is 3.41. The number of nitrogens with two attached hydrogens (primary N) is 2. The molecule has 118 valence electrons. The first-order valence-electron chi connectivity index (χ1n) is 6.74. The van der Waals surface area contributed by atoms with E-state index < -0.39 is 23.9 Å². The molecule has 0 saturated carbocycles. The summed E-state index contributed by atoms with van der Waals surface area (Å²) < 4.78 is 0. The molecule has 0 aliphatic rings. The molecule has 6 heteroatoms. The van der Waals surface area contributed by atoms with Crippen LogP contribution in [0.25, 0.3) is 0 Å². The molecule has 0 aliphatic heterocycles. The quantitative estimate of drug-likeness (QED) is 0.739. The van der Waals surface area contributed by atoms with Crippen LogP contribution in [-0.2, 0) is 9.59 Å². The normalized spacial score (nSPS) is 14.7. The van der Waals surface area contributed by atoms with Crippen molar-refractivity contribution in [3.63, 3.8) is 0 Å². The van der Waals surface area contributed by atoms with Crippen LogP contribution < -0.4 is 16.8 Å². The Labute approximate surface area is 131 Å². The number of halogens is 1. The summed E-state index contributed by atoms with van der Waals surface area (Å²) in [5, 5.41) is 2.67. The van der Waals surface area contributed by atoms with Crippen molar-refractivity contribution in [3.8, 4) is 0 Å². The number of rotatable bonds is 6. The Bertz CT molecular complexity index is 465. The summed E-state index contributed by atoms with van der Waals surface area (Å²) in [6, 6.07) is 8.30. The number of hydrogen-bond donors (Lipinski definition) is 3. The lowest BCUT2D eigenvalue weighted by molar-refractivity contribution is -0.130. The van der Waals surface area contributed by atoms with E-state index in [1.54, 1.807) is 6.92 Å².